The first-order valence-corrected chi connectivity index (χ1v) is 9.55. The fourth-order valence-electron chi connectivity index (χ4n) is 3.57. The van der Waals surface area contributed by atoms with Crippen LogP contribution in [-0.2, 0) is 0 Å². The molecule has 0 bridgehead atoms. The third kappa shape index (κ3) is 4.71. The molecule has 29 heavy (non-hydrogen) atoms. The molecule has 2 aromatic rings. The average molecular weight is 400 g/mol. The van der Waals surface area contributed by atoms with Gasteiger partial charge in [-0.15, -0.1) is 0 Å². The zero-order chi connectivity index (χ0) is 21.1. The third-order valence-corrected chi connectivity index (χ3v) is 5.30. The van der Waals surface area contributed by atoms with Gasteiger partial charge in [0.1, 0.15) is 5.82 Å². The Balaban J connectivity index is 1.80. The minimum atomic E-state index is -0.477. The van der Waals surface area contributed by atoms with Gasteiger partial charge in [-0.3, -0.25) is 14.9 Å². The number of aryl methyl sites for hydroxylation is 1. The van der Waals surface area contributed by atoms with Crippen LogP contribution in [0, 0.1) is 22.9 Å². The zero-order valence-electron chi connectivity index (χ0n) is 16.8. The van der Waals surface area contributed by atoms with E-state index in [0.29, 0.717) is 16.7 Å². The first-order valence-electron chi connectivity index (χ1n) is 9.55. The molecule has 1 N–H and O–H groups in total. The Morgan fingerprint density at radius 1 is 1.17 bits per heavy atom. The van der Waals surface area contributed by atoms with E-state index in [1.54, 1.807) is 13.0 Å². The molecule has 1 amide bonds. The van der Waals surface area contributed by atoms with Gasteiger partial charge < -0.3 is 15.1 Å². The van der Waals surface area contributed by atoms with Crippen molar-refractivity contribution in [1.29, 1.82) is 0 Å². The molecule has 7 nitrogen and oxygen atoms in total. The van der Waals surface area contributed by atoms with Gasteiger partial charge in [0.15, 0.2) is 0 Å². The predicted molar refractivity (Wildman–Crippen MR) is 110 cm³/mol. The van der Waals surface area contributed by atoms with Gasteiger partial charge in [-0.2, -0.15) is 0 Å². The van der Waals surface area contributed by atoms with E-state index in [9.17, 15) is 19.3 Å². The number of halogens is 1. The number of nitrogens with one attached hydrogen (secondary N) is 1. The Kier molecular flexibility index (Phi) is 6.12. The van der Waals surface area contributed by atoms with Crippen molar-refractivity contribution in [2.75, 3.05) is 38.1 Å². The van der Waals surface area contributed by atoms with E-state index >= 15 is 0 Å². The lowest BCUT2D eigenvalue weighted by Crippen LogP contribution is -2.45. The lowest BCUT2D eigenvalue weighted by molar-refractivity contribution is -0.385. The van der Waals surface area contributed by atoms with Gasteiger partial charge in [-0.1, -0.05) is 0 Å². The van der Waals surface area contributed by atoms with Gasteiger partial charge >= 0.3 is 0 Å². The van der Waals surface area contributed by atoms with E-state index in [2.05, 4.69) is 22.2 Å². The SMILES string of the molecule is Cc1cc(C(=O)NC(C)c2cc(F)ccc2N2CCN(C)CC2)ccc1[N+](=O)[O-]. The maximum Gasteiger partial charge on any atom is 0.272 e. The van der Waals surface area contributed by atoms with Crippen molar-refractivity contribution in [2.24, 2.45) is 0 Å². The molecule has 1 aliphatic rings. The number of carbonyl (C=O) groups excluding carboxylic acids is 1. The maximum absolute atomic E-state index is 14.0. The molecule has 2 aromatic carbocycles. The molecule has 0 spiro atoms. The number of anilines is 1. The number of nitro groups is 1. The molecule has 1 heterocycles. The molecule has 0 saturated carbocycles. The van der Waals surface area contributed by atoms with Crippen LogP contribution in [0.15, 0.2) is 36.4 Å². The van der Waals surface area contributed by atoms with E-state index in [4.69, 9.17) is 0 Å². The normalized spacial score (nSPS) is 15.8. The largest absolute Gasteiger partial charge is 0.369 e. The summed E-state index contributed by atoms with van der Waals surface area (Å²) in [5.74, 6) is -0.714. The molecule has 0 radical (unpaired) electrons. The predicted octanol–water partition coefficient (Wildman–Crippen LogP) is 3.29. The molecular formula is C21H25FN4O3. The molecule has 3 rings (SSSR count). The van der Waals surface area contributed by atoms with Crippen LogP contribution in [0.1, 0.15) is 34.5 Å². The summed E-state index contributed by atoms with van der Waals surface area (Å²) in [6.45, 7) is 6.90. The second kappa shape index (κ2) is 8.57. The highest BCUT2D eigenvalue weighted by Crippen LogP contribution is 2.29. The van der Waals surface area contributed by atoms with Crippen molar-refractivity contribution < 1.29 is 14.1 Å². The highest BCUT2D eigenvalue weighted by Gasteiger charge is 2.22. The minimum absolute atomic E-state index is 0.0305. The zero-order valence-corrected chi connectivity index (χ0v) is 16.8. The summed E-state index contributed by atoms with van der Waals surface area (Å²) in [4.78, 5) is 27.6. The molecule has 1 aliphatic heterocycles. The van der Waals surface area contributed by atoms with E-state index < -0.39 is 11.0 Å². The van der Waals surface area contributed by atoms with Gasteiger partial charge in [0.05, 0.1) is 11.0 Å². The maximum atomic E-state index is 14.0. The number of nitrogens with zero attached hydrogens (tertiary/aromatic N) is 3. The van der Waals surface area contributed by atoms with Crippen LogP contribution >= 0.6 is 0 Å². The molecule has 1 saturated heterocycles. The smallest absolute Gasteiger partial charge is 0.272 e. The van der Waals surface area contributed by atoms with Gasteiger partial charge in [-0.05, 0) is 51.2 Å². The lowest BCUT2D eigenvalue weighted by Gasteiger charge is -2.36. The second-order valence-electron chi connectivity index (χ2n) is 7.45. The molecule has 1 atom stereocenters. The Bertz CT molecular complexity index is 926. The third-order valence-electron chi connectivity index (χ3n) is 5.30. The Hall–Kier alpha value is -3.00. The van der Waals surface area contributed by atoms with Crippen molar-refractivity contribution >= 4 is 17.3 Å². The number of piperazine rings is 1. The molecule has 1 unspecified atom stereocenters. The van der Waals surface area contributed by atoms with Crippen LogP contribution in [-0.4, -0.2) is 49.0 Å². The summed E-state index contributed by atoms with van der Waals surface area (Å²) < 4.78 is 14.0. The Morgan fingerprint density at radius 3 is 2.48 bits per heavy atom. The van der Waals surface area contributed by atoms with Gasteiger partial charge in [0.25, 0.3) is 11.6 Å². The van der Waals surface area contributed by atoms with Crippen LogP contribution in [0.2, 0.25) is 0 Å². The monoisotopic (exact) mass is 400 g/mol. The summed E-state index contributed by atoms with van der Waals surface area (Å²) in [5.41, 5.74) is 2.34. The topological polar surface area (TPSA) is 78.7 Å². The van der Waals surface area contributed by atoms with E-state index in [1.807, 2.05) is 6.92 Å². The number of amides is 1. The van der Waals surface area contributed by atoms with E-state index in [-0.39, 0.29) is 17.4 Å². The first-order chi connectivity index (χ1) is 13.8. The van der Waals surface area contributed by atoms with Gasteiger partial charge in [-0.25, -0.2) is 4.39 Å². The number of benzene rings is 2. The molecule has 1 fully saturated rings. The first kappa shape index (κ1) is 20.7. The van der Waals surface area contributed by atoms with E-state index in [0.717, 1.165) is 31.9 Å². The van der Waals surface area contributed by atoms with Crippen LogP contribution in [0.4, 0.5) is 15.8 Å². The molecule has 8 heteroatoms. The summed E-state index contributed by atoms with van der Waals surface area (Å²) in [6.07, 6.45) is 0. The highest BCUT2D eigenvalue weighted by atomic mass is 19.1. The van der Waals surface area contributed by atoms with Crippen LogP contribution in [0.25, 0.3) is 0 Å². The van der Waals surface area contributed by atoms with Crippen molar-refractivity contribution in [1.82, 2.24) is 10.2 Å². The summed E-state index contributed by atoms with van der Waals surface area (Å²) in [6, 6.07) is 8.48. The molecule has 0 aromatic heterocycles. The second-order valence-corrected chi connectivity index (χ2v) is 7.45. The number of hydrogen-bond donors (Lipinski definition) is 1. The van der Waals surface area contributed by atoms with Crippen LogP contribution in [0.5, 0.6) is 0 Å². The van der Waals surface area contributed by atoms with Gasteiger partial charge in [0, 0.05) is 54.6 Å². The summed E-state index contributed by atoms with van der Waals surface area (Å²) >= 11 is 0. The molecule has 0 aliphatic carbocycles. The molecule has 154 valence electrons. The Morgan fingerprint density at radius 2 is 1.86 bits per heavy atom. The standard InChI is InChI=1S/C21H25FN4O3/c1-14-12-16(4-6-19(14)26(28)29)21(27)23-15(2)18-13-17(22)5-7-20(18)25-10-8-24(3)9-11-25/h4-7,12-13,15H,8-11H2,1-3H3,(H,23,27). The van der Waals surface area contributed by atoms with Crippen LogP contribution in [0.3, 0.4) is 0 Å². The summed E-state index contributed by atoms with van der Waals surface area (Å²) in [7, 11) is 2.07. The number of nitro benzene ring substituents is 1. The number of hydrogen-bond acceptors (Lipinski definition) is 5. The quantitative estimate of drug-likeness (QED) is 0.616. The average Bonchev–Trinajstić information content (AvgIpc) is 2.68. The summed E-state index contributed by atoms with van der Waals surface area (Å²) in [5, 5.41) is 13.9. The van der Waals surface area contributed by atoms with Crippen molar-refractivity contribution in [3.8, 4) is 0 Å². The van der Waals surface area contributed by atoms with Crippen molar-refractivity contribution in [2.45, 2.75) is 19.9 Å². The number of carbonyl (C=O) groups is 1. The van der Waals surface area contributed by atoms with Crippen molar-refractivity contribution in [3.63, 3.8) is 0 Å². The van der Waals surface area contributed by atoms with Crippen LogP contribution < -0.4 is 10.2 Å². The lowest BCUT2D eigenvalue weighted by atomic mass is 10.0. The highest BCUT2D eigenvalue weighted by molar-refractivity contribution is 5.95. The van der Waals surface area contributed by atoms with Crippen molar-refractivity contribution in [3.05, 3.63) is 69.0 Å². The fraction of sp³-hybridized carbons (Fsp3) is 0.381. The van der Waals surface area contributed by atoms with E-state index in [1.165, 1.54) is 30.3 Å². The number of rotatable bonds is 5. The minimum Gasteiger partial charge on any atom is -0.369 e. The number of likely N-dealkylation sites (N-methyl/N-ethyl adjacent to an activating group) is 1. The van der Waals surface area contributed by atoms with Gasteiger partial charge in [0.2, 0.25) is 0 Å². The molecular weight excluding hydrogens is 375 g/mol. The fourth-order valence-corrected chi connectivity index (χ4v) is 3.57. The Labute approximate surface area is 169 Å².